The van der Waals surface area contributed by atoms with E-state index in [0.717, 1.165) is 22.6 Å². The Balaban J connectivity index is 1.68. The molecule has 0 spiro atoms. The van der Waals surface area contributed by atoms with Crippen LogP contribution in [0.5, 0.6) is 5.75 Å². The SMILES string of the molecule is Cc1cc(OC(C)c2ccccc2)ccc1NC(=O)C1(CN)CCOCC1. The Labute approximate surface area is 160 Å². The predicted octanol–water partition coefficient (Wildman–Crippen LogP) is 3.83. The number of nitrogens with two attached hydrogens (primary N) is 1. The standard InChI is InChI=1S/C22H28N2O3/c1-16-14-19(27-17(2)18-6-4-3-5-7-18)8-9-20(16)24-21(25)22(15-23)10-12-26-13-11-22/h3-9,14,17H,10-13,15,23H2,1-2H3,(H,24,25). The van der Waals surface area contributed by atoms with Crippen LogP contribution in [0.1, 0.15) is 37.0 Å². The normalized spacial score (nSPS) is 17.1. The van der Waals surface area contributed by atoms with E-state index in [1.807, 2.05) is 62.4 Å². The summed E-state index contributed by atoms with van der Waals surface area (Å²) in [6.45, 7) is 5.48. The largest absolute Gasteiger partial charge is 0.486 e. The second-order valence-electron chi connectivity index (χ2n) is 7.20. The molecule has 2 aromatic rings. The zero-order valence-corrected chi connectivity index (χ0v) is 16.0. The Morgan fingerprint density at radius 1 is 1.22 bits per heavy atom. The van der Waals surface area contributed by atoms with Gasteiger partial charge >= 0.3 is 0 Å². The van der Waals surface area contributed by atoms with E-state index in [2.05, 4.69) is 5.32 Å². The number of rotatable bonds is 6. The lowest BCUT2D eigenvalue weighted by Gasteiger charge is -2.34. The Hall–Kier alpha value is -2.37. The highest BCUT2D eigenvalue weighted by atomic mass is 16.5. The number of nitrogens with one attached hydrogen (secondary N) is 1. The smallest absolute Gasteiger partial charge is 0.232 e. The molecule has 5 heteroatoms. The van der Waals surface area contributed by atoms with Crippen LogP contribution in [-0.2, 0) is 9.53 Å². The zero-order valence-electron chi connectivity index (χ0n) is 16.0. The molecule has 5 nitrogen and oxygen atoms in total. The molecule has 1 unspecified atom stereocenters. The van der Waals surface area contributed by atoms with E-state index in [4.69, 9.17) is 15.2 Å². The first-order chi connectivity index (χ1) is 13.0. The Morgan fingerprint density at radius 2 is 1.93 bits per heavy atom. The Bertz CT molecular complexity index is 770. The van der Waals surface area contributed by atoms with Crippen molar-refractivity contribution in [1.29, 1.82) is 0 Å². The molecule has 1 fully saturated rings. The van der Waals surface area contributed by atoms with Crippen LogP contribution in [0.2, 0.25) is 0 Å². The van der Waals surface area contributed by atoms with E-state index >= 15 is 0 Å². The van der Waals surface area contributed by atoms with Gasteiger partial charge < -0.3 is 20.5 Å². The monoisotopic (exact) mass is 368 g/mol. The van der Waals surface area contributed by atoms with E-state index in [1.54, 1.807) is 0 Å². The van der Waals surface area contributed by atoms with Crippen molar-refractivity contribution in [2.45, 2.75) is 32.8 Å². The van der Waals surface area contributed by atoms with Gasteiger partial charge in [0.25, 0.3) is 0 Å². The van der Waals surface area contributed by atoms with Gasteiger partial charge in [0.1, 0.15) is 11.9 Å². The Morgan fingerprint density at radius 3 is 2.56 bits per heavy atom. The zero-order chi connectivity index (χ0) is 19.3. The van der Waals surface area contributed by atoms with Crippen LogP contribution >= 0.6 is 0 Å². The van der Waals surface area contributed by atoms with Crippen LogP contribution < -0.4 is 15.8 Å². The van der Waals surface area contributed by atoms with Gasteiger partial charge in [-0.15, -0.1) is 0 Å². The van der Waals surface area contributed by atoms with Crippen molar-refractivity contribution in [2.24, 2.45) is 11.1 Å². The highest BCUT2D eigenvalue weighted by molar-refractivity contribution is 5.96. The summed E-state index contributed by atoms with van der Waals surface area (Å²) in [5.74, 6) is 0.754. The number of ether oxygens (including phenoxy) is 2. The maximum absolute atomic E-state index is 12.8. The molecule has 1 atom stereocenters. The molecule has 1 aliphatic rings. The quantitative estimate of drug-likeness (QED) is 0.813. The van der Waals surface area contributed by atoms with Crippen LogP contribution in [0.15, 0.2) is 48.5 Å². The van der Waals surface area contributed by atoms with Crippen LogP contribution in [0, 0.1) is 12.3 Å². The second-order valence-corrected chi connectivity index (χ2v) is 7.20. The molecule has 0 saturated carbocycles. The van der Waals surface area contributed by atoms with Crippen LogP contribution in [0.3, 0.4) is 0 Å². The number of anilines is 1. The third kappa shape index (κ3) is 4.49. The van der Waals surface area contributed by atoms with Crippen molar-refractivity contribution in [3.05, 3.63) is 59.7 Å². The molecule has 1 saturated heterocycles. The van der Waals surface area contributed by atoms with Crippen LogP contribution in [0.25, 0.3) is 0 Å². The molecule has 3 N–H and O–H groups in total. The summed E-state index contributed by atoms with van der Waals surface area (Å²) in [6, 6.07) is 15.8. The molecule has 1 heterocycles. The molecule has 0 aliphatic carbocycles. The molecule has 0 bridgehead atoms. The minimum Gasteiger partial charge on any atom is -0.486 e. The summed E-state index contributed by atoms with van der Waals surface area (Å²) >= 11 is 0. The van der Waals surface area contributed by atoms with Crippen molar-refractivity contribution < 1.29 is 14.3 Å². The third-order valence-electron chi connectivity index (χ3n) is 5.35. The first kappa shape index (κ1) is 19.4. The molecule has 1 amide bonds. The third-order valence-corrected chi connectivity index (χ3v) is 5.35. The van der Waals surface area contributed by atoms with Gasteiger partial charge in [0, 0.05) is 25.4 Å². The number of carbonyl (C=O) groups excluding carboxylic acids is 1. The van der Waals surface area contributed by atoms with E-state index in [9.17, 15) is 4.79 Å². The van der Waals surface area contributed by atoms with E-state index in [1.165, 1.54) is 0 Å². The molecule has 3 rings (SSSR count). The first-order valence-electron chi connectivity index (χ1n) is 9.45. The first-order valence-corrected chi connectivity index (χ1v) is 9.45. The van der Waals surface area contributed by atoms with Gasteiger partial charge in [0.2, 0.25) is 5.91 Å². The summed E-state index contributed by atoms with van der Waals surface area (Å²) in [4.78, 5) is 12.8. The van der Waals surface area contributed by atoms with Gasteiger partial charge in [-0.25, -0.2) is 0 Å². The van der Waals surface area contributed by atoms with Crippen LogP contribution in [0.4, 0.5) is 5.69 Å². The van der Waals surface area contributed by atoms with E-state index < -0.39 is 5.41 Å². The lowest BCUT2D eigenvalue weighted by Crippen LogP contribution is -2.46. The van der Waals surface area contributed by atoms with Crippen molar-refractivity contribution in [3.63, 3.8) is 0 Å². The fraction of sp³-hybridized carbons (Fsp3) is 0.409. The van der Waals surface area contributed by atoms with E-state index in [0.29, 0.717) is 32.6 Å². The second kappa shape index (κ2) is 8.55. The van der Waals surface area contributed by atoms with Gasteiger partial charge in [-0.05, 0) is 56.0 Å². The van der Waals surface area contributed by atoms with Gasteiger partial charge in [0.15, 0.2) is 0 Å². The Kier molecular flexibility index (Phi) is 6.14. The van der Waals surface area contributed by atoms with Gasteiger partial charge in [-0.3, -0.25) is 4.79 Å². The lowest BCUT2D eigenvalue weighted by atomic mass is 9.79. The molecule has 0 radical (unpaired) electrons. The number of hydrogen-bond acceptors (Lipinski definition) is 4. The minimum absolute atomic E-state index is 0.0253. The summed E-state index contributed by atoms with van der Waals surface area (Å²) in [5, 5.41) is 3.05. The number of aryl methyl sites for hydroxylation is 1. The fourth-order valence-electron chi connectivity index (χ4n) is 3.39. The van der Waals surface area contributed by atoms with Crippen molar-refractivity contribution in [1.82, 2.24) is 0 Å². The highest BCUT2D eigenvalue weighted by Gasteiger charge is 2.38. The number of amides is 1. The predicted molar refractivity (Wildman–Crippen MR) is 107 cm³/mol. The molecule has 1 aliphatic heterocycles. The van der Waals surface area contributed by atoms with Crippen molar-refractivity contribution >= 4 is 11.6 Å². The number of benzene rings is 2. The number of carbonyl (C=O) groups is 1. The minimum atomic E-state index is -0.540. The maximum atomic E-state index is 12.8. The fourth-order valence-corrected chi connectivity index (χ4v) is 3.39. The highest BCUT2D eigenvalue weighted by Crippen LogP contribution is 2.32. The van der Waals surface area contributed by atoms with Gasteiger partial charge in [-0.2, -0.15) is 0 Å². The lowest BCUT2D eigenvalue weighted by molar-refractivity contribution is -0.130. The summed E-state index contributed by atoms with van der Waals surface area (Å²) in [6.07, 6.45) is 1.27. The molecular formula is C22H28N2O3. The molecule has 27 heavy (non-hydrogen) atoms. The summed E-state index contributed by atoms with van der Waals surface area (Å²) in [7, 11) is 0. The van der Waals surface area contributed by atoms with Gasteiger partial charge in [0.05, 0.1) is 5.41 Å². The molecule has 144 valence electrons. The molecular weight excluding hydrogens is 340 g/mol. The summed E-state index contributed by atoms with van der Waals surface area (Å²) in [5.41, 5.74) is 8.26. The van der Waals surface area contributed by atoms with Crippen LogP contribution in [-0.4, -0.2) is 25.7 Å². The van der Waals surface area contributed by atoms with Crippen molar-refractivity contribution in [3.8, 4) is 5.75 Å². The maximum Gasteiger partial charge on any atom is 0.232 e. The van der Waals surface area contributed by atoms with Crippen molar-refractivity contribution in [2.75, 3.05) is 25.1 Å². The topological polar surface area (TPSA) is 73.6 Å². The average molecular weight is 368 g/mol. The summed E-state index contributed by atoms with van der Waals surface area (Å²) < 4.78 is 11.4. The molecule has 2 aromatic carbocycles. The number of hydrogen-bond donors (Lipinski definition) is 2. The van der Waals surface area contributed by atoms with Gasteiger partial charge in [-0.1, -0.05) is 30.3 Å². The van der Waals surface area contributed by atoms with E-state index in [-0.39, 0.29) is 12.0 Å². The average Bonchev–Trinajstić information content (AvgIpc) is 2.71. The molecule has 0 aromatic heterocycles.